The number of benzene rings is 3. The second-order valence-electron chi connectivity index (χ2n) is 9.74. The monoisotopic (exact) mass is 589 g/mol. The van der Waals surface area contributed by atoms with E-state index in [0.717, 1.165) is 40.5 Å². The molecule has 1 amide bonds. The van der Waals surface area contributed by atoms with Crippen LogP contribution in [0.4, 0.5) is 0 Å². The summed E-state index contributed by atoms with van der Waals surface area (Å²) in [6.45, 7) is 0.414. The van der Waals surface area contributed by atoms with E-state index < -0.39 is 0 Å². The van der Waals surface area contributed by atoms with Crippen molar-refractivity contribution < 1.29 is 14.3 Å². The van der Waals surface area contributed by atoms with Crippen molar-refractivity contribution in [2.75, 3.05) is 12.9 Å². The van der Waals surface area contributed by atoms with Crippen molar-refractivity contribution in [2.24, 2.45) is 5.10 Å². The lowest BCUT2D eigenvalue weighted by Crippen LogP contribution is -2.20. The van der Waals surface area contributed by atoms with Gasteiger partial charge in [0.2, 0.25) is 0 Å². The van der Waals surface area contributed by atoms with Crippen molar-refractivity contribution in [3.63, 3.8) is 0 Å². The maximum Gasteiger partial charge on any atom is 0.250 e. The standard InChI is InChI=1S/C31H32ClN5O3S/c1-39-27-17-12-23(18-28(27)40-20-22-8-4-2-5-9-22)19-33-34-29(38)21-41-31-36-35-30(24-13-15-25(32)16-14-24)37(31)26-10-6-3-7-11-26/h2,4-5,8-9,12-19,26H,3,6-7,10-11,20-21H2,1H3,(H,34,38)/b33-19-. The predicted octanol–water partition coefficient (Wildman–Crippen LogP) is 6.93. The summed E-state index contributed by atoms with van der Waals surface area (Å²) in [6, 6.07) is 23.3. The minimum atomic E-state index is -0.230. The zero-order valence-corrected chi connectivity index (χ0v) is 24.4. The van der Waals surface area contributed by atoms with Gasteiger partial charge in [-0.1, -0.05) is 73.0 Å². The zero-order chi connectivity index (χ0) is 28.4. The summed E-state index contributed by atoms with van der Waals surface area (Å²) in [5, 5.41) is 14.5. The molecule has 0 unspecified atom stereocenters. The first-order chi connectivity index (χ1) is 20.1. The van der Waals surface area contributed by atoms with E-state index in [-0.39, 0.29) is 11.7 Å². The van der Waals surface area contributed by atoms with Gasteiger partial charge in [-0.3, -0.25) is 9.36 Å². The van der Waals surface area contributed by atoms with Crippen molar-refractivity contribution in [1.29, 1.82) is 0 Å². The molecule has 0 spiro atoms. The van der Waals surface area contributed by atoms with E-state index in [2.05, 4.69) is 25.3 Å². The predicted molar refractivity (Wildman–Crippen MR) is 163 cm³/mol. The van der Waals surface area contributed by atoms with Crippen LogP contribution in [0.15, 0.2) is 83.1 Å². The van der Waals surface area contributed by atoms with E-state index in [1.807, 2.05) is 72.8 Å². The van der Waals surface area contributed by atoms with Crippen LogP contribution in [0.5, 0.6) is 11.5 Å². The number of aromatic nitrogens is 3. The number of thioether (sulfide) groups is 1. The average molecular weight is 590 g/mol. The molecule has 1 fully saturated rings. The highest BCUT2D eigenvalue weighted by atomic mass is 35.5. The van der Waals surface area contributed by atoms with Gasteiger partial charge in [0.15, 0.2) is 22.5 Å². The lowest BCUT2D eigenvalue weighted by Gasteiger charge is -2.25. The summed E-state index contributed by atoms with van der Waals surface area (Å²) in [5.74, 6) is 1.96. The largest absolute Gasteiger partial charge is 0.493 e. The molecule has 212 valence electrons. The van der Waals surface area contributed by atoms with Crippen molar-refractivity contribution >= 4 is 35.5 Å². The van der Waals surface area contributed by atoms with Gasteiger partial charge in [-0.25, -0.2) is 5.43 Å². The normalized spacial score (nSPS) is 13.8. The Morgan fingerprint density at radius 1 is 1.05 bits per heavy atom. The van der Waals surface area contributed by atoms with E-state index in [1.54, 1.807) is 13.3 Å². The zero-order valence-electron chi connectivity index (χ0n) is 22.8. The molecule has 1 saturated carbocycles. The molecule has 1 heterocycles. The minimum absolute atomic E-state index is 0.164. The Bertz CT molecular complexity index is 1470. The Morgan fingerprint density at radius 2 is 1.83 bits per heavy atom. The topological polar surface area (TPSA) is 90.6 Å². The van der Waals surface area contributed by atoms with Crippen LogP contribution < -0.4 is 14.9 Å². The molecule has 5 rings (SSSR count). The molecule has 0 aliphatic heterocycles. The van der Waals surface area contributed by atoms with Crippen LogP contribution in [-0.4, -0.2) is 39.7 Å². The highest BCUT2D eigenvalue weighted by molar-refractivity contribution is 7.99. The van der Waals surface area contributed by atoms with Crippen LogP contribution >= 0.6 is 23.4 Å². The molecule has 1 aromatic heterocycles. The first kappa shape index (κ1) is 28.7. The fourth-order valence-electron chi connectivity index (χ4n) is 4.80. The summed E-state index contributed by atoms with van der Waals surface area (Å²) in [7, 11) is 1.60. The molecule has 3 aromatic carbocycles. The number of ether oxygens (including phenoxy) is 2. The molecule has 0 saturated heterocycles. The van der Waals surface area contributed by atoms with E-state index in [9.17, 15) is 4.79 Å². The number of methoxy groups -OCH3 is 1. The fourth-order valence-corrected chi connectivity index (χ4v) is 5.73. The van der Waals surface area contributed by atoms with Crippen LogP contribution in [0.1, 0.15) is 49.3 Å². The molecule has 0 radical (unpaired) electrons. The maximum absolute atomic E-state index is 12.7. The van der Waals surface area contributed by atoms with E-state index >= 15 is 0 Å². The minimum Gasteiger partial charge on any atom is -0.493 e. The Labute approximate surface area is 249 Å². The molecule has 4 aromatic rings. The second kappa shape index (κ2) is 14.2. The first-order valence-electron chi connectivity index (χ1n) is 13.6. The number of nitrogens with one attached hydrogen (secondary N) is 1. The molecule has 8 nitrogen and oxygen atoms in total. The lowest BCUT2D eigenvalue weighted by molar-refractivity contribution is -0.118. The van der Waals surface area contributed by atoms with Crippen molar-refractivity contribution in [3.8, 4) is 22.9 Å². The molecule has 1 aliphatic carbocycles. The number of hydrogen-bond donors (Lipinski definition) is 1. The Hall–Kier alpha value is -3.82. The summed E-state index contributed by atoms with van der Waals surface area (Å²) in [4.78, 5) is 12.7. The van der Waals surface area contributed by atoms with Gasteiger partial charge >= 0.3 is 0 Å². The van der Waals surface area contributed by atoms with Crippen molar-refractivity contribution in [3.05, 3.63) is 88.9 Å². The number of carbonyl (C=O) groups excluding carboxylic acids is 1. The van der Waals surface area contributed by atoms with Gasteiger partial charge in [-0.2, -0.15) is 5.10 Å². The van der Waals surface area contributed by atoms with Gasteiger partial charge in [-0.05, 0) is 66.4 Å². The van der Waals surface area contributed by atoms with Crippen LogP contribution in [0.3, 0.4) is 0 Å². The smallest absolute Gasteiger partial charge is 0.250 e. The highest BCUT2D eigenvalue weighted by Crippen LogP contribution is 2.36. The van der Waals surface area contributed by atoms with Gasteiger partial charge in [-0.15, -0.1) is 10.2 Å². The summed E-state index contributed by atoms with van der Waals surface area (Å²) in [5.41, 5.74) is 5.40. The quantitative estimate of drug-likeness (QED) is 0.116. The van der Waals surface area contributed by atoms with Crippen molar-refractivity contribution in [2.45, 2.75) is 49.9 Å². The van der Waals surface area contributed by atoms with Crippen LogP contribution in [-0.2, 0) is 11.4 Å². The van der Waals surface area contributed by atoms with E-state index in [1.165, 1.54) is 31.0 Å². The molecule has 0 atom stereocenters. The molecule has 41 heavy (non-hydrogen) atoms. The molecular weight excluding hydrogens is 558 g/mol. The van der Waals surface area contributed by atoms with Crippen LogP contribution in [0.2, 0.25) is 5.02 Å². The Kier molecular flexibility index (Phi) is 9.93. The van der Waals surface area contributed by atoms with E-state index in [4.69, 9.17) is 21.1 Å². The summed E-state index contributed by atoms with van der Waals surface area (Å²) >= 11 is 7.47. The number of carbonyl (C=O) groups is 1. The number of nitrogens with zero attached hydrogens (tertiary/aromatic N) is 4. The van der Waals surface area contributed by atoms with Crippen LogP contribution in [0.25, 0.3) is 11.4 Å². The average Bonchev–Trinajstić information content (AvgIpc) is 3.44. The van der Waals surface area contributed by atoms with Gasteiger partial charge in [0.05, 0.1) is 19.1 Å². The van der Waals surface area contributed by atoms with Gasteiger partial charge in [0.1, 0.15) is 6.61 Å². The Balaban J connectivity index is 1.21. The molecular formula is C31H32ClN5O3S. The molecule has 1 N–H and O–H groups in total. The van der Waals surface area contributed by atoms with Gasteiger partial charge < -0.3 is 9.47 Å². The van der Waals surface area contributed by atoms with Gasteiger partial charge in [0, 0.05) is 16.6 Å². The number of halogens is 1. The fraction of sp³-hybridized carbons (Fsp3) is 0.290. The summed E-state index contributed by atoms with van der Waals surface area (Å²) < 4.78 is 13.6. The molecule has 1 aliphatic rings. The number of hydrazone groups is 1. The molecule has 10 heteroatoms. The highest BCUT2D eigenvalue weighted by Gasteiger charge is 2.24. The number of hydrogen-bond acceptors (Lipinski definition) is 7. The third-order valence-electron chi connectivity index (χ3n) is 6.87. The number of amides is 1. The Morgan fingerprint density at radius 3 is 2.59 bits per heavy atom. The van der Waals surface area contributed by atoms with Gasteiger partial charge in [0.25, 0.3) is 5.91 Å². The van der Waals surface area contributed by atoms with Crippen molar-refractivity contribution in [1.82, 2.24) is 20.2 Å². The third kappa shape index (κ3) is 7.68. The third-order valence-corrected chi connectivity index (χ3v) is 8.06. The summed E-state index contributed by atoms with van der Waals surface area (Å²) in [6.07, 6.45) is 7.32. The second-order valence-corrected chi connectivity index (χ2v) is 11.1. The first-order valence-corrected chi connectivity index (χ1v) is 15.0. The maximum atomic E-state index is 12.7. The number of rotatable bonds is 11. The lowest BCUT2D eigenvalue weighted by atomic mass is 9.95. The SMILES string of the molecule is COc1ccc(/C=N\NC(=O)CSc2nnc(-c3ccc(Cl)cc3)n2C2CCCCC2)cc1OCc1ccccc1. The molecule has 0 bridgehead atoms. The van der Waals surface area contributed by atoms with E-state index in [0.29, 0.717) is 29.2 Å². The van der Waals surface area contributed by atoms with Crippen LogP contribution in [0, 0.1) is 0 Å².